The first-order valence-electron chi connectivity index (χ1n) is 42.1. The molecule has 640 valence electrons. The average molecular weight is 1580 g/mol. The molecule has 0 aromatic heterocycles. The Morgan fingerprint density at radius 1 is 0.306 bits per heavy atom. The first-order chi connectivity index (χ1) is 53.0. The second-order valence-electron chi connectivity index (χ2n) is 31.8. The number of unbranched alkanes of at least 4 members (excludes halogenated alkanes) is 12. The third kappa shape index (κ3) is 44.3. The highest BCUT2D eigenvalue weighted by molar-refractivity contribution is 5.80. The van der Waals surface area contributed by atoms with Gasteiger partial charge in [-0.2, -0.15) is 0 Å². The second kappa shape index (κ2) is 58.5. The minimum Gasteiger partial charge on any atom is -0.481 e. The Kier molecular flexibility index (Phi) is 52.6. The van der Waals surface area contributed by atoms with Crippen LogP contribution in [0.4, 0.5) is 0 Å². The highest BCUT2D eigenvalue weighted by Gasteiger charge is 2.43. The molecule has 27 nitrogen and oxygen atoms in total. The molecule has 27 heteroatoms. The number of carbonyl (C=O) groups excluding carboxylic acids is 10. The van der Waals surface area contributed by atoms with Gasteiger partial charge in [0.15, 0.2) is 18.9 Å². The number of carbonyl (C=O) groups is 11. The molecular formula is C84H145N3O24. The van der Waals surface area contributed by atoms with Crippen LogP contribution in [0.1, 0.15) is 282 Å². The number of rotatable bonds is 65. The molecule has 3 fully saturated rings. The number of amides is 3. The summed E-state index contributed by atoms with van der Waals surface area (Å²) < 4.78 is 71.1. The lowest BCUT2D eigenvalue weighted by Crippen LogP contribution is -2.58. The van der Waals surface area contributed by atoms with E-state index < -0.39 is 30.4 Å². The van der Waals surface area contributed by atoms with Crippen molar-refractivity contribution in [3.8, 4) is 0 Å². The maximum absolute atomic E-state index is 13.9. The Morgan fingerprint density at radius 2 is 0.586 bits per heavy atom. The SMILES string of the molecule is CC(=O)OCC1O[C@@H](OCCCCC(=O)CCCCCC(=O)CCOCC(COCCC(=O)CCCCCC(=O)CCCCO[C@@H]2OC(COC(C)=O)[C@H](C)[C@H](C)C2C)(COCCC(=O)NCCCNC(=O)CCCCO[C@@H]2OC(COC(C)=O)[C@H](C)[C@H](C)C2C)NC(=O)CCCCCCCCC(=O)O)C(C)[C@@H](C)[C@H]1C. The van der Waals surface area contributed by atoms with Crippen LogP contribution < -0.4 is 16.0 Å². The van der Waals surface area contributed by atoms with Crippen molar-refractivity contribution in [2.75, 3.05) is 92.4 Å². The highest BCUT2D eigenvalue weighted by Crippen LogP contribution is 2.38. The molecule has 4 N–H and O–H groups in total. The van der Waals surface area contributed by atoms with Crippen LogP contribution in [0, 0.1) is 53.3 Å². The molecule has 15 atom stereocenters. The largest absolute Gasteiger partial charge is 0.481 e. The van der Waals surface area contributed by atoms with Gasteiger partial charge < -0.3 is 77.9 Å². The number of esters is 3. The summed E-state index contributed by atoms with van der Waals surface area (Å²) in [4.78, 5) is 137. The predicted molar refractivity (Wildman–Crippen MR) is 416 cm³/mol. The van der Waals surface area contributed by atoms with E-state index in [9.17, 15) is 52.7 Å². The van der Waals surface area contributed by atoms with Gasteiger partial charge in [-0.3, -0.25) is 52.7 Å². The van der Waals surface area contributed by atoms with E-state index in [2.05, 4.69) is 78.3 Å². The van der Waals surface area contributed by atoms with Crippen LogP contribution in [-0.2, 0) is 110 Å². The normalized spacial score (nSPS) is 24.4. The fraction of sp³-hybridized carbons (Fsp3) is 0.869. The Bertz CT molecular complexity index is 2450. The molecule has 3 heterocycles. The van der Waals surface area contributed by atoms with Crippen molar-refractivity contribution in [2.24, 2.45) is 53.3 Å². The minimum absolute atomic E-state index is 0.0172. The van der Waals surface area contributed by atoms with Crippen molar-refractivity contribution in [2.45, 2.75) is 325 Å². The maximum atomic E-state index is 13.9. The Morgan fingerprint density at radius 3 is 0.937 bits per heavy atom. The monoisotopic (exact) mass is 1580 g/mol. The fourth-order valence-corrected chi connectivity index (χ4v) is 14.1. The third-order valence-electron chi connectivity index (χ3n) is 22.6. The van der Waals surface area contributed by atoms with Gasteiger partial charge in [0.2, 0.25) is 17.7 Å². The summed E-state index contributed by atoms with van der Waals surface area (Å²) >= 11 is 0. The first-order valence-corrected chi connectivity index (χ1v) is 42.1. The number of nitrogens with one attached hydrogen (secondary N) is 3. The molecule has 0 saturated carbocycles. The van der Waals surface area contributed by atoms with Crippen molar-refractivity contribution in [1.29, 1.82) is 0 Å². The quantitative estimate of drug-likeness (QED) is 0.0250. The second-order valence-corrected chi connectivity index (χ2v) is 31.8. The molecule has 0 bridgehead atoms. The number of carboxylic acids is 1. The van der Waals surface area contributed by atoms with Gasteiger partial charge in [0.05, 0.1) is 58.0 Å². The summed E-state index contributed by atoms with van der Waals surface area (Å²) in [6.07, 6.45) is 13.8. The van der Waals surface area contributed by atoms with Gasteiger partial charge in [-0.05, 0) is 119 Å². The molecule has 0 aliphatic carbocycles. The third-order valence-corrected chi connectivity index (χ3v) is 22.6. The summed E-state index contributed by atoms with van der Waals surface area (Å²) in [5.41, 5.74) is -1.30. The number of carboxylic acid groups (broad SMARTS) is 1. The maximum Gasteiger partial charge on any atom is 0.303 e. The zero-order chi connectivity index (χ0) is 81.9. The summed E-state index contributed by atoms with van der Waals surface area (Å²) in [5.74, 6) is -0.360. The van der Waals surface area contributed by atoms with Crippen LogP contribution in [0.2, 0.25) is 0 Å². The Hall–Kier alpha value is -5.39. The van der Waals surface area contributed by atoms with E-state index >= 15 is 0 Å². The molecule has 3 aliphatic heterocycles. The van der Waals surface area contributed by atoms with Crippen LogP contribution >= 0.6 is 0 Å². The summed E-state index contributed by atoms with van der Waals surface area (Å²) in [7, 11) is 0. The number of hydrogen-bond acceptors (Lipinski definition) is 23. The number of hydrogen-bond donors (Lipinski definition) is 4. The molecule has 111 heavy (non-hydrogen) atoms. The highest BCUT2D eigenvalue weighted by atomic mass is 16.7. The number of aliphatic carboxylic acids is 1. The number of ether oxygens (including phenoxy) is 12. The lowest BCUT2D eigenvalue weighted by Gasteiger charge is -2.43. The van der Waals surface area contributed by atoms with Crippen LogP contribution in [0.25, 0.3) is 0 Å². The van der Waals surface area contributed by atoms with Crippen LogP contribution in [0.3, 0.4) is 0 Å². The van der Waals surface area contributed by atoms with Gasteiger partial charge >= 0.3 is 23.9 Å². The van der Waals surface area contributed by atoms with Gasteiger partial charge in [0.25, 0.3) is 0 Å². The van der Waals surface area contributed by atoms with Crippen LogP contribution in [0.5, 0.6) is 0 Å². The van der Waals surface area contributed by atoms with Crippen molar-refractivity contribution >= 4 is 64.7 Å². The number of Topliss-reactive ketones (excluding diaryl/α,β-unsaturated/α-hetero) is 4. The smallest absolute Gasteiger partial charge is 0.303 e. The molecule has 3 rings (SSSR count). The standard InChI is InChI=1S/C84H145N3O24/c1-58-61(4)74(52-106-67(10)88)109-81(64(58)7)103-46-28-25-36-70(91)32-19-17-21-34-72(93)41-49-100-55-84(87-79(97)39-23-15-13-14-16-24-40-80(98)99,56-101-50-42-73(94)35-22-18-20-33-71(92)37-26-29-47-104-82-65(8)59(2)62(5)75(110-82)53-107-68(11)89)57-102-51-43-78(96)86-45-31-44-85-77(95)38-27-30-48-105-83-66(9)60(3)63(6)76(111-83)54-108-69(12)90/h58-66,74-76,81-83H,13-57H2,1-12H3,(H,85,95)(H,86,96)(H,87,97)(H,98,99)/t58-,59-,60-,61+,62+,63+,64?,65?,66?,74?,75?,76?,81+,82+,83+,84?/m0/s1. The summed E-state index contributed by atoms with van der Waals surface area (Å²) in [5, 5.41) is 17.9. The molecule has 0 aromatic carbocycles. The topological polar surface area (TPSA) is 355 Å². The van der Waals surface area contributed by atoms with Gasteiger partial charge in [0.1, 0.15) is 48.5 Å². The van der Waals surface area contributed by atoms with Crippen molar-refractivity contribution in [3.63, 3.8) is 0 Å². The Balaban J connectivity index is 1.52. The zero-order valence-electron chi connectivity index (χ0n) is 69.8. The molecule has 0 spiro atoms. The number of ketones is 4. The molecule has 0 aromatic rings. The minimum atomic E-state index is -1.30. The van der Waals surface area contributed by atoms with Crippen molar-refractivity contribution in [3.05, 3.63) is 0 Å². The molecular weight excluding hydrogens is 1430 g/mol. The predicted octanol–water partition coefficient (Wildman–Crippen LogP) is 12.2. The summed E-state index contributed by atoms with van der Waals surface area (Å²) in [6, 6.07) is 0. The van der Waals surface area contributed by atoms with Gasteiger partial charge in [-0.25, -0.2) is 0 Å². The average Bonchev–Trinajstić information content (AvgIpc) is 0.835. The van der Waals surface area contributed by atoms with E-state index in [0.717, 1.165) is 25.7 Å². The van der Waals surface area contributed by atoms with E-state index in [4.69, 9.17) is 61.9 Å². The lowest BCUT2D eigenvalue weighted by atomic mass is 9.79. The van der Waals surface area contributed by atoms with E-state index in [1.807, 2.05) is 0 Å². The lowest BCUT2D eigenvalue weighted by molar-refractivity contribution is -0.255. The van der Waals surface area contributed by atoms with E-state index in [-0.39, 0.29) is 204 Å². The van der Waals surface area contributed by atoms with E-state index in [0.29, 0.717) is 192 Å². The van der Waals surface area contributed by atoms with Gasteiger partial charge in [-0.15, -0.1) is 0 Å². The molecule has 0 radical (unpaired) electrons. The molecule has 3 saturated heterocycles. The van der Waals surface area contributed by atoms with Crippen molar-refractivity contribution in [1.82, 2.24) is 16.0 Å². The molecule has 3 amide bonds. The Labute approximate surface area is 663 Å². The van der Waals surface area contributed by atoms with Gasteiger partial charge in [0, 0.05) is 148 Å². The van der Waals surface area contributed by atoms with Crippen molar-refractivity contribution < 1.29 is 115 Å². The summed E-state index contributed by atoms with van der Waals surface area (Å²) in [6.45, 7) is 25.3. The first kappa shape index (κ1) is 99.8. The molecule has 3 aliphatic rings. The zero-order valence-corrected chi connectivity index (χ0v) is 69.8. The van der Waals surface area contributed by atoms with E-state index in [1.165, 1.54) is 20.8 Å². The van der Waals surface area contributed by atoms with Gasteiger partial charge in [-0.1, -0.05) is 101 Å². The van der Waals surface area contributed by atoms with Crippen LogP contribution in [-0.4, -0.2) is 205 Å². The fourth-order valence-electron chi connectivity index (χ4n) is 14.1. The molecule has 6 unspecified atom stereocenters. The van der Waals surface area contributed by atoms with E-state index in [1.54, 1.807) is 0 Å². The van der Waals surface area contributed by atoms with Crippen LogP contribution in [0.15, 0.2) is 0 Å².